The number of hydrogen-bond donors (Lipinski definition) is 3. The van der Waals surface area contributed by atoms with Crippen molar-refractivity contribution in [3.63, 3.8) is 0 Å². The molecule has 0 aromatic carbocycles. The third-order valence-electron chi connectivity index (χ3n) is 6.50. The van der Waals surface area contributed by atoms with Gasteiger partial charge in [-0.05, 0) is 43.2 Å². The van der Waals surface area contributed by atoms with Crippen molar-refractivity contribution in [2.45, 2.75) is 76.8 Å². The second-order valence-corrected chi connectivity index (χ2v) is 9.50. The van der Waals surface area contributed by atoms with Gasteiger partial charge in [-0.1, -0.05) is 46.0 Å². The predicted molar refractivity (Wildman–Crippen MR) is 126 cm³/mol. The van der Waals surface area contributed by atoms with E-state index in [1.807, 2.05) is 31.1 Å². The maximum atomic E-state index is 13.4. The fourth-order valence-corrected chi connectivity index (χ4v) is 4.84. The Bertz CT molecular complexity index is 708. The van der Waals surface area contributed by atoms with E-state index < -0.39 is 11.6 Å². The molecule has 0 radical (unpaired) electrons. The Morgan fingerprint density at radius 2 is 1.87 bits per heavy atom. The predicted octanol–water partition coefficient (Wildman–Crippen LogP) is 1.75. The molecule has 1 aliphatic heterocycles. The van der Waals surface area contributed by atoms with Crippen LogP contribution in [0.25, 0.3) is 0 Å². The molecule has 1 unspecified atom stereocenters. The van der Waals surface area contributed by atoms with Crippen molar-refractivity contribution < 1.29 is 9.59 Å². The van der Waals surface area contributed by atoms with E-state index in [1.165, 1.54) is 19.3 Å². The Balaban J connectivity index is 2.18. The number of hydrogen-bond acceptors (Lipinski definition) is 5. The first-order valence-corrected chi connectivity index (χ1v) is 12.4. The molecule has 2 fully saturated rings. The number of nitrogens with zero attached hydrogens (tertiary/aromatic N) is 3. The van der Waals surface area contributed by atoms with Crippen LogP contribution in [0.3, 0.4) is 0 Å². The Kier molecular flexibility index (Phi) is 10.9. The van der Waals surface area contributed by atoms with Crippen LogP contribution in [0.5, 0.6) is 0 Å². The smallest absolute Gasteiger partial charge is 0.238 e. The van der Waals surface area contributed by atoms with Gasteiger partial charge in [0.2, 0.25) is 5.91 Å². The van der Waals surface area contributed by atoms with E-state index in [2.05, 4.69) is 27.0 Å². The molecule has 174 valence electrons. The van der Waals surface area contributed by atoms with Crippen molar-refractivity contribution in [2.75, 3.05) is 33.2 Å². The molecule has 2 rings (SSSR count). The van der Waals surface area contributed by atoms with E-state index in [9.17, 15) is 14.9 Å². The quantitative estimate of drug-likeness (QED) is 0.383. The molecule has 31 heavy (non-hydrogen) atoms. The zero-order chi connectivity index (χ0) is 22.7. The Morgan fingerprint density at radius 1 is 1.23 bits per heavy atom. The summed E-state index contributed by atoms with van der Waals surface area (Å²) >= 11 is 0. The first-order chi connectivity index (χ1) is 14.9. The summed E-state index contributed by atoms with van der Waals surface area (Å²) in [6.45, 7) is 7.12. The number of rotatable bonds is 8. The molecule has 1 heterocycles. The van der Waals surface area contributed by atoms with Gasteiger partial charge < -0.3 is 10.2 Å². The Labute approximate surface area is 190 Å². The van der Waals surface area contributed by atoms with Crippen LogP contribution in [0.2, 0.25) is 0 Å². The Hall–Kier alpha value is -1.53. The lowest BCUT2D eigenvalue weighted by Gasteiger charge is -2.37. The van der Waals surface area contributed by atoms with Gasteiger partial charge in [-0.15, -0.1) is 0 Å². The first kappa shape index (κ1) is 25.7. The lowest BCUT2D eigenvalue weighted by atomic mass is 9.84. The topological polar surface area (TPSA) is 100 Å². The SMILES string of the molecule is CCN(CC)NC(NC(CC1CCCCC1)C(=O)NC1(C#N)CCN(C)CC1)=S=C=O. The molecule has 9 heteroatoms. The van der Waals surface area contributed by atoms with Gasteiger partial charge in [0.05, 0.1) is 12.1 Å². The molecule has 0 bridgehead atoms. The van der Waals surface area contributed by atoms with Crippen molar-refractivity contribution in [3.8, 4) is 6.07 Å². The normalized spacial score (nSPS) is 20.5. The van der Waals surface area contributed by atoms with Gasteiger partial charge in [0.1, 0.15) is 10.7 Å². The summed E-state index contributed by atoms with van der Waals surface area (Å²) < 4.78 is 0. The standard InChI is InChI=1S/C22H38N6O2S/c1-4-28(5-2)26-21(31-17-29)24-19(15-18-9-7-6-8-10-18)20(30)25-22(16-23)11-13-27(3)14-12-22/h18-19,24,26H,4-15H2,1-3H3,(H,25,30). The van der Waals surface area contributed by atoms with Crippen LogP contribution >= 0.6 is 10.9 Å². The maximum Gasteiger partial charge on any atom is 0.238 e. The molecule has 0 spiro atoms. The lowest BCUT2D eigenvalue weighted by molar-refractivity contribution is -0.125. The van der Waals surface area contributed by atoms with Crippen molar-refractivity contribution >= 4 is 27.2 Å². The minimum absolute atomic E-state index is 0.165. The molecule has 1 atom stereocenters. The minimum Gasteiger partial charge on any atom is -0.336 e. The molecule has 8 nitrogen and oxygen atoms in total. The van der Waals surface area contributed by atoms with Crippen LogP contribution < -0.4 is 16.1 Å². The summed E-state index contributed by atoms with van der Waals surface area (Å²) in [5.74, 6) is 0.300. The van der Waals surface area contributed by atoms with Crippen molar-refractivity contribution in [1.29, 1.82) is 5.26 Å². The molecule has 0 aromatic rings. The summed E-state index contributed by atoms with van der Waals surface area (Å²) in [7, 11) is 2.92. The highest BCUT2D eigenvalue weighted by molar-refractivity contribution is 7.96. The molecule has 2 aliphatic rings. The van der Waals surface area contributed by atoms with Crippen LogP contribution in [0.4, 0.5) is 0 Å². The highest BCUT2D eigenvalue weighted by Crippen LogP contribution is 2.28. The van der Waals surface area contributed by atoms with E-state index in [-0.39, 0.29) is 5.91 Å². The van der Waals surface area contributed by atoms with Crippen LogP contribution in [0.15, 0.2) is 0 Å². The lowest BCUT2D eigenvalue weighted by Crippen LogP contribution is -2.60. The summed E-state index contributed by atoms with van der Waals surface area (Å²) in [4.78, 5) is 26.7. The fourth-order valence-electron chi connectivity index (χ4n) is 4.39. The number of likely N-dealkylation sites (tertiary alicyclic amines) is 1. The number of nitriles is 1. The first-order valence-electron chi connectivity index (χ1n) is 11.6. The summed E-state index contributed by atoms with van der Waals surface area (Å²) in [6, 6.07) is 1.86. The third-order valence-corrected chi connectivity index (χ3v) is 7.00. The van der Waals surface area contributed by atoms with E-state index in [1.54, 1.807) is 0 Å². The largest absolute Gasteiger partial charge is 0.336 e. The van der Waals surface area contributed by atoms with E-state index in [4.69, 9.17) is 0 Å². The second-order valence-electron chi connectivity index (χ2n) is 8.72. The molecular weight excluding hydrogens is 412 g/mol. The summed E-state index contributed by atoms with van der Waals surface area (Å²) in [5, 5.41) is 20.5. The molecule has 1 saturated carbocycles. The molecular formula is C22H38N6O2S. The third kappa shape index (κ3) is 8.15. The number of piperidine rings is 1. The van der Waals surface area contributed by atoms with Crippen molar-refractivity contribution in [2.24, 2.45) is 5.92 Å². The summed E-state index contributed by atoms with van der Waals surface area (Å²) in [5.41, 5.74) is 2.37. The average Bonchev–Trinajstić information content (AvgIpc) is 2.79. The highest BCUT2D eigenvalue weighted by atomic mass is 32.1. The van der Waals surface area contributed by atoms with E-state index in [0.29, 0.717) is 30.3 Å². The number of amides is 1. The zero-order valence-corrected chi connectivity index (χ0v) is 20.0. The molecule has 1 amide bonds. The minimum atomic E-state index is -0.827. The van der Waals surface area contributed by atoms with Gasteiger partial charge in [-0.25, -0.2) is 15.2 Å². The van der Waals surface area contributed by atoms with Gasteiger partial charge in [-0.3, -0.25) is 10.1 Å². The van der Waals surface area contributed by atoms with Gasteiger partial charge in [0.25, 0.3) is 0 Å². The second kappa shape index (κ2) is 13.1. The zero-order valence-electron chi connectivity index (χ0n) is 19.2. The molecule has 0 aromatic heterocycles. The van der Waals surface area contributed by atoms with Crippen LogP contribution in [-0.4, -0.2) is 71.0 Å². The summed E-state index contributed by atoms with van der Waals surface area (Å²) in [6.07, 6.45) is 7.80. The fraction of sp³-hybridized carbons (Fsp3) is 0.818. The van der Waals surface area contributed by atoms with Gasteiger partial charge in [0, 0.05) is 26.2 Å². The number of nitrogens with one attached hydrogen (secondary N) is 3. The number of carbonyl (C=O) groups is 1. The van der Waals surface area contributed by atoms with Gasteiger partial charge >= 0.3 is 0 Å². The van der Waals surface area contributed by atoms with Crippen LogP contribution in [0, 0.1) is 17.2 Å². The average molecular weight is 451 g/mol. The number of carbonyl (C=O) groups excluding carboxylic acids is 2. The number of hydrazine groups is 1. The molecule has 3 N–H and O–H groups in total. The monoisotopic (exact) mass is 450 g/mol. The molecule has 1 aliphatic carbocycles. The molecule has 1 saturated heterocycles. The van der Waals surface area contributed by atoms with E-state index in [0.717, 1.165) is 50.0 Å². The van der Waals surface area contributed by atoms with Crippen molar-refractivity contribution in [1.82, 2.24) is 26.0 Å². The van der Waals surface area contributed by atoms with Gasteiger partial charge in [-0.2, -0.15) is 5.26 Å². The van der Waals surface area contributed by atoms with E-state index >= 15 is 0 Å². The Morgan fingerprint density at radius 3 is 2.42 bits per heavy atom. The highest BCUT2D eigenvalue weighted by Gasteiger charge is 2.37. The van der Waals surface area contributed by atoms with Crippen molar-refractivity contribution in [3.05, 3.63) is 0 Å². The maximum absolute atomic E-state index is 13.4. The van der Waals surface area contributed by atoms with Crippen LogP contribution in [0.1, 0.15) is 65.2 Å². The van der Waals surface area contributed by atoms with Gasteiger partial charge in [0.15, 0.2) is 5.23 Å². The van der Waals surface area contributed by atoms with Crippen LogP contribution in [-0.2, 0) is 9.59 Å².